The van der Waals surface area contributed by atoms with Gasteiger partial charge in [0.25, 0.3) is 0 Å². The zero-order valence-corrected chi connectivity index (χ0v) is 22.6. The summed E-state index contributed by atoms with van der Waals surface area (Å²) in [6.07, 6.45) is 2.91. The fourth-order valence-electron chi connectivity index (χ4n) is 5.62. The lowest BCUT2D eigenvalue weighted by molar-refractivity contribution is 0.254. The van der Waals surface area contributed by atoms with Crippen LogP contribution in [0.1, 0.15) is 37.3 Å². The highest BCUT2D eigenvalue weighted by Crippen LogP contribution is 2.49. The molecule has 1 heterocycles. The molecule has 194 valence electrons. The van der Waals surface area contributed by atoms with Crippen LogP contribution in [0.2, 0.25) is 5.02 Å². The van der Waals surface area contributed by atoms with E-state index in [1.807, 2.05) is 12.1 Å². The van der Waals surface area contributed by atoms with E-state index in [0.717, 1.165) is 35.7 Å². The Morgan fingerprint density at radius 3 is 2.51 bits per heavy atom. The smallest absolute Gasteiger partial charge is 0.164 e. The van der Waals surface area contributed by atoms with Crippen LogP contribution in [0.3, 0.4) is 0 Å². The molecule has 1 aliphatic heterocycles. The lowest BCUT2D eigenvalue weighted by atomic mass is 9.65. The highest BCUT2D eigenvalue weighted by molar-refractivity contribution is 8.13. The molecule has 0 saturated heterocycles. The minimum Gasteiger partial charge on any atom is -0.493 e. The van der Waals surface area contributed by atoms with Gasteiger partial charge in [-0.1, -0.05) is 48.8 Å². The van der Waals surface area contributed by atoms with Crippen LogP contribution in [0, 0.1) is 11.6 Å². The van der Waals surface area contributed by atoms with Gasteiger partial charge >= 0.3 is 0 Å². The van der Waals surface area contributed by atoms with Gasteiger partial charge in [0.2, 0.25) is 0 Å². The largest absolute Gasteiger partial charge is 0.493 e. The third kappa shape index (κ3) is 4.79. The quantitative estimate of drug-likeness (QED) is 0.321. The number of halogens is 3. The van der Waals surface area contributed by atoms with Crippen LogP contribution in [-0.4, -0.2) is 31.5 Å². The summed E-state index contributed by atoms with van der Waals surface area (Å²) in [5.74, 6) is 1.07. The van der Waals surface area contributed by atoms with Crippen LogP contribution in [-0.2, 0) is 11.2 Å². The normalized spacial score (nSPS) is 23.0. The lowest BCUT2D eigenvalue weighted by Gasteiger charge is -2.47. The second-order valence-electron chi connectivity index (χ2n) is 9.64. The average molecular weight is 543 g/mol. The molecule has 5 rings (SSSR count). The van der Waals surface area contributed by atoms with Crippen molar-refractivity contribution in [3.63, 3.8) is 0 Å². The Hall–Kier alpha value is -2.77. The van der Waals surface area contributed by atoms with Crippen molar-refractivity contribution in [2.75, 3.05) is 19.1 Å². The van der Waals surface area contributed by atoms with Crippen LogP contribution in [0.15, 0.2) is 65.7 Å². The number of fused-ring (bicyclic) bond motifs is 1. The van der Waals surface area contributed by atoms with E-state index in [4.69, 9.17) is 26.1 Å². The van der Waals surface area contributed by atoms with Crippen molar-refractivity contribution in [3.8, 4) is 11.5 Å². The number of methoxy groups -OCH3 is 2. The molecule has 0 N–H and O–H groups in total. The molecule has 3 aromatic carbocycles. The SMILES string of the molecule is COc1ccc([C@]2(C)CCCC3N=C(SCc4c(F)cccc4Cl)N(c4ccc(F)cc4)C32)cc1OC. The molecular formula is C29H29ClF2N2O2S. The van der Waals surface area contributed by atoms with Crippen molar-refractivity contribution in [1.82, 2.24) is 0 Å². The second kappa shape index (κ2) is 10.5. The Morgan fingerprint density at radius 2 is 1.81 bits per heavy atom. The molecule has 0 aromatic heterocycles. The molecule has 1 aliphatic carbocycles. The second-order valence-corrected chi connectivity index (χ2v) is 11.0. The molecule has 2 aliphatic rings. The zero-order chi connectivity index (χ0) is 26.2. The van der Waals surface area contributed by atoms with Crippen molar-refractivity contribution in [2.45, 2.75) is 49.4 Å². The maximum atomic E-state index is 14.5. The third-order valence-corrected chi connectivity index (χ3v) is 8.88. The number of amidine groups is 1. The van der Waals surface area contributed by atoms with E-state index in [-0.39, 0.29) is 29.1 Å². The van der Waals surface area contributed by atoms with Crippen LogP contribution in [0.25, 0.3) is 0 Å². The first-order chi connectivity index (χ1) is 17.9. The topological polar surface area (TPSA) is 34.1 Å². The predicted octanol–water partition coefficient (Wildman–Crippen LogP) is 7.62. The van der Waals surface area contributed by atoms with E-state index < -0.39 is 0 Å². The highest BCUT2D eigenvalue weighted by Gasteiger charge is 2.51. The maximum Gasteiger partial charge on any atom is 0.164 e. The Bertz CT molecular complexity index is 1300. The number of nitrogens with zero attached hydrogens (tertiary/aromatic N) is 2. The number of anilines is 1. The molecule has 3 aromatic rings. The first-order valence-corrected chi connectivity index (χ1v) is 13.6. The standard InChI is InChI=1S/C29H29ClF2N2O2S/c1-29(18-9-14-25(35-2)26(16-18)36-3)15-5-8-24-27(29)34(20-12-10-19(31)11-13-20)28(33-24)37-17-21-22(30)6-4-7-23(21)32/h4,6-7,9-14,16,24,27H,5,8,15,17H2,1-3H3/t24?,27?,29-/m0/s1. The van der Waals surface area contributed by atoms with Crippen LogP contribution >= 0.6 is 23.4 Å². The van der Waals surface area contributed by atoms with Gasteiger partial charge in [-0.15, -0.1) is 0 Å². The lowest BCUT2D eigenvalue weighted by Crippen LogP contribution is -2.55. The van der Waals surface area contributed by atoms with Gasteiger partial charge in [-0.05, 0) is 66.9 Å². The molecule has 0 amide bonds. The summed E-state index contributed by atoms with van der Waals surface area (Å²) in [6, 6.07) is 17.3. The van der Waals surface area contributed by atoms with Gasteiger partial charge < -0.3 is 14.4 Å². The van der Waals surface area contributed by atoms with E-state index in [0.29, 0.717) is 27.8 Å². The summed E-state index contributed by atoms with van der Waals surface area (Å²) in [5.41, 5.74) is 2.16. The number of aliphatic imine (C=N–C) groups is 1. The molecule has 37 heavy (non-hydrogen) atoms. The van der Waals surface area contributed by atoms with Crippen molar-refractivity contribution in [2.24, 2.45) is 4.99 Å². The molecule has 0 spiro atoms. The molecule has 0 radical (unpaired) electrons. The number of rotatable bonds is 6. The molecular weight excluding hydrogens is 514 g/mol. The number of thioether (sulfide) groups is 1. The van der Waals surface area contributed by atoms with Gasteiger partial charge in [-0.3, -0.25) is 4.99 Å². The van der Waals surface area contributed by atoms with Crippen LogP contribution in [0.4, 0.5) is 14.5 Å². The van der Waals surface area contributed by atoms with Gasteiger partial charge in [0.05, 0.1) is 26.3 Å². The minimum atomic E-state index is -0.334. The third-order valence-electron chi connectivity index (χ3n) is 7.53. The van der Waals surface area contributed by atoms with Crippen LogP contribution in [0.5, 0.6) is 11.5 Å². The van der Waals surface area contributed by atoms with Crippen molar-refractivity contribution in [3.05, 3.63) is 88.4 Å². The molecule has 8 heteroatoms. The fourth-order valence-corrected chi connectivity index (χ4v) is 7.06. The summed E-state index contributed by atoms with van der Waals surface area (Å²) in [4.78, 5) is 7.36. The summed E-state index contributed by atoms with van der Waals surface area (Å²) in [7, 11) is 3.27. The molecule has 3 atom stereocenters. The number of benzene rings is 3. The summed E-state index contributed by atoms with van der Waals surface area (Å²) >= 11 is 7.78. The maximum absolute atomic E-state index is 14.5. The van der Waals surface area contributed by atoms with E-state index in [1.165, 1.54) is 30.0 Å². The number of ether oxygens (including phenoxy) is 2. The van der Waals surface area contributed by atoms with E-state index in [1.54, 1.807) is 38.5 Å². The molecule has 0 bridgehead atoms. The van der Waals surface area contributed by atoms with Gasteiger partial charge in [-0.2, -0.15) is 0 Å². The number of hydrogen-bond acceptors (Lipinski definition) is 5. The van der Waals surface area contributed by atoms with Crippen molar-refractivity contribution in [1.29, 1.82) is 0 Å². The molecule has 1 saturated carbocycles. The van der Waals surface area contributed by atoms with E-state index in [2.05, 4.69) is 17.9 Å². The van der Waals surface area contributed by atoms with E-state index in [9.17, 15) is 8.78 Å². The Balaban J connectivity index is 1.55. The highest BCUT2D eigenvalue weighted by atomic mass is 35.5. The van der Waals surface area contributed by atoms with Crippen molar-refractivity contribution >= 4 is 34.2 Å². The summed E-state index contributed by atoms with van der Waals surface area (Å²) < 4.78 is 39.5. The fraction of sp³-hybridized carbons (Fsp3) is 0.345. The predicted molar refractivity (Wildman–Crippen MR) is 147 cm³/mol. The molecule has 4 nitrogen and oxygen atoms in total. The van der Waals surface area contributed by atoms with Crippen molar-refractivity contribution < 1.29 is 18.3 Å². The van der Waals surface area contributed by atoms with Gasteiger partial charge in [-0.25, -0.2) is 8.78 Å². The summed E-state index contributed by atoms with van der Waals surface area (Å²) in [5, 5.41) is 1.18. The summed E-state index contributed by atoms with van der Waals surface area (Å²) in [6.45, 7) is 2.26. The Labute approximate surface area is 225 Å². The average Bonchev–Trinajstić information content (AvgIpc) is 3.28. The molecule has 1 fully saturated rings. The first kappa shape index (κ1) is 25.9. The first-order valence-electron chi connectivity index (χ1n) is 12.3. The molecule has 2 unspecified atom stereocenters. The van der Waals surface area contributed by atoms with Crippen LogP contribution < -0.4 is 14.4 Å². The zero-order valence-electron chi connectivity index (χ0n) is 21.0. The van der Waals surface area contributed by atoms with Gasteiger partial charge in [0.1, 0.15) is 11.6 Å². The monoisotopic (exact) mass is 542 g/mol. The Kier molecular flexibility index (Phi) is 7.37. The Morgan fingerprint density at radius 1 is 1.05 bits per heavy atom. The minimum absolute atomic E-state index is 0.0107. The van der Waals surface area contributed by atoms with Gasteiger partial charge in [0, 0.05) is 27.4 Å². The van der Waals surface area contributed by atoms with Gasteiger partial charge in [0.15, 0.2) is 16.7 Å². The van der Waals surface area contributed by atoms with E-state index >= 15 is 0 Å². The number of hydrogen-bond donors (Lipinski definition) is 0.